The molecule has 0 heterocycles. The van der Waals surface area contributed by atoms with Crippen molar-refractivity contribution < 1.29 is 39.3 Å². The monoisotopic (exact) mass is 534 g/mol. The fraction of sp³-hybridized carbons (Fsp3) is 0.444. The molecule has 0 aromatic heterocycles. The van der Waals surface area contributed by atoms with Crippen molar-refractivity contribution in [3.05, 3.63) is 60.7 Å². The molecule has 2 aromatic carbocycles. The largest absolute Gasteiger partial charge is 0.813 e. The Hall–Kier alpha value is 0.377. The van der Waals surface area contributed by atoms with Crippen LogP contribution in [0.25, 0.3) is 0 Å². The molecule has 0 aliphatic carbocycles. The Balaban J connectivity index is -0.000000108. The predicted octanol–water partition coefficient (Wildman–Crippen LogP) is 5.30. The summed E-state index contributed by atoms with van der Waals surface area (Å²) in [5, 5.41) is 0. The molecule has 0 aliphatic rings. The van der Waals surface area contributed by atoms with Crippen LogP contribution in [-0.4, -0.2) is 11.1 Å². The third-order valence-corrected chi connectivity index (χ3v) is 4.35. The maximum Gasteiger partial charge on any atom is -0.172 e. The molecule has 0 unspecified atom stereocenters. The summed E-state index contributed by atoms with van der Waals surface area (Å²) in [6, 6.07) is 20.0. The van der Waals surface area contributed by atoms with Crippen molar-refractivity contribution >= 4 is 27.0 Å². The molecule has 0 atom stereocenters. The molecule has 0 N–H and O–H groups in total. The Kier molecular flexibility index (Phi) is 26.3. The quantitative estimate of drug-likeness (QED) is 0.200. The average molecular weight is 530 g/mol. The normalized spacial score (nSPS) is 8.92. The zero-order valence-electron chi connectivity index (χ0n) is 15.4. The summed E-state index contributed by atoms with van der Waals surface area (Å²) in [5.74, 6) is 0. The van der Waals surface area contributed by atoms with E-state index < -0.39 is 0 Å². The third-order valence-electron chi connectivity index (χ3n) is 1.66. The van der Waals surface area contributed by atoms with Crippen molar-refractivity contribution in [2.24, 2.45) is 6.99 Å². The van der Waals surface area contributed by atoms with Crippen molar-refractivity contribution in [2.75, 3.05) is 0 Å². The molecule has 0 fully saturated rings. The molecule has 2 nitrogen and oxygen atoms in total. The van der Waals surface area contributed by atoms with E-state index in [2.05, 4.69) is 48.5 Å². The van der Waals surface area contributed by atoms with Crippen LogP contribution < -0.4 is 0 Å². The Bertz CT molecular complexity index is 364. The first-order valence-corrected chi connectivity index (χ1v) is 8.94. The smallest absolute Gasteiger partial charge is 0.172 e. The van der Waals surface area contributed by atoms with Crippen molar-refractivity contribution in [3.8, 4) is 0 Å². The van der Waals surface area contributed by atoms with E-state index in [-0.39, 0.29) is 38.1 Å². The maximum absolute atomic E-state index is 4.03. The van der Waals surface area contributed by atoms with Crippen LogP contribution in [0.4, 0.5) is 0 Å². The van der Waals surface area contributed by atoms with Gasteiger partial charge >= 0.3 is 98.9 Å². The molecule has 0 bridgehead atoms. The minimum atomic E-state index is 0. The van der Waals surface area contributed by atoms with Crippen LogP contribution in [0.15, 0.2) is 67.7 Å². The molecule has 144 valence electrons. The Labute approximate surface area is 185 Å². The van der Waals surface area contributed by atoms with E-state index >= 15 is 0 Å². The van der Waals surface area contributed by atoms with Crippen LogP contribution >= 0.6 is 0 Å². The van der Waals surface area contributed by atoms with Gasteiger partial charge in [0.1, 0.15) is 0 Å². The van der Waals surface area contributed by atoms with E-state index in [0.29, 0.717) is 0 Å². The van der Waals surface area contributed by atoms with Gasteiger partial charge in [-0.05, 0) is 0 Å². The van der Waals surface area contributed by atoms with Crippen LogP contribution in [0.3, 0.4) is 0 Å². The molecule has 2 aromatic rings. The van der Waals surface area contributed by atoms with Gasteiger partial charge in [-0.3, -0.25) is 0 Å². The van der Waals surface area contributed by atoms with Gasteiger partial charge in [0, 0.05) is 0 Å². The van der Waals surface area contributed by atoms with E-state index in [1.54, 1.807) is 39.3 Å². The number of hydrogen-bond acceptors (Lipinski definition) is 4. The number of nitrogens with zero attached hydrogens (tertiary/aromatic N) is 2. The summed E-state index contributed by atoms with van der Waals surface area (Å²) in [5.41, 5.74) is 0.342. The summed E-state index contributed by atoms with van der Waals surface area (Å²) in [7, 11) is 0. The molecule has 6 heteroatoms. The Morgan fingerprint density at radius 3 is 0.917 bits per heavy atom. The zero-order chi connectivity index (χ0) is 17.5. The third kappa shape index (κ3) is 38.1. The molecular formula is C18H30Mo2N2S2-8. The minimum absolute atomic E-state index is 0. The second kappa shape index (κ2) is 19.7. The minimum Gasteiger partial charge on any atom is -0.813 e. The van der Waals surface area contributed by atoms with Gasteiger partial charge in [-0.25, -0.2) is 12.1 Å². The second-order valence-corrected chi connectivity index (χ2v) is 7.35. The van der Waals surface area contributed by atoms with Gasteiger partial charge in [0.2, 0.25) is 0 Å². The van der Waals surface area contributed by atoms with Crippen molar-refractivity contribution in [1.29, 1.82) is 0 Å². The van der Waals surface area contributed by atoms with E-state index in [1.807, 2.05) is 60.7 Å². The van der Waals surface area contributed by atoms with E-state index in [9.17, 15) is 0 Å². The van der Waals surface area contributed by atoms with Crippen LogP contribution in [0.2, 0.25) is 0 Å². The van der Waals surface area contributed by atoms with Gasteiger partial charge in [0.15, 0.2) is 0 Å². The summed E-state index contributed by atoms with van der Waals surface area (Å²) in [6.07, 6.45) is 0. The summed E-state index contributed by atoms with van der Waals surface area (Å²) < 4.78 is 8.06. The average Bonchev–Trinajstić information content (AvgIpc) is 3.15. The fourth-order valence-electron chi connectivity index (χ4n) is 0.642. The fourth-order valence-corrected chi connectivity index (χ4v) is 0.642. The second-order valence-electron chi connectivity index (χ2n) is 6.45. The summed E-state index contributed by atoms with van der Waals surface area (Å²) >= 11 is 3.54. The van der Waals surface area contributed by atoms with Crippen molar-refractivity contribution in [1.82, 2.24) is 0 Å². The molecule has 2 rings (SSSR count). The molecule has 0 aliphatic heterocycles. The Morgan fingerprint density at radius 2 is 0.833 bits per heavy atom. The maximum atomic E-state index is 4.03. The van der Waals surface area contributed by atoms with Crippen molar-refractivity contribution in [2.45, 2.75) is 52.6 Å². The SMILES string of the molecule is CC(C)(C)[N]=[Mo].CC(C)(C)[N]=[Mo].[SH-].[SH-].[cH-]1[cH-][cH-][cH-][cH-]1.c1cc[cH-]c1. The van der Waals surface area contributed by atoms with Gasteiger partial charge in [-0.15, -0.1) is 0 Å². The van der Waals surface area contributed by atoms with Crippen LogP contribution in [0.1, 0.15) is 41.5 Å². The molecule has 0 saturated carbocycles. The zero-order valence-corrected chi connectivity index (χ0v) is 21.2. The van der Waals surface area contributed by atoms with E-state index in [0.717, 1.165) is 0 Å². The first kappa shape index (κ1) is 32.1. The van der Waals surface area contributed by atoms with Crippen LogP contribution in [0.5, 0.6) is 0 Å². The van der Waals surface area contributed by atoms with Gasteiger partial charge in [-0.1, -0.05) is 0 Å². The molecule has 0 amide bonds. The molecule has 0 spiro atoms. The van der Waals surface area contributed by atoms with Gasteiger partial charge in [0.05, 0.1) is 0 Å². The van der Waals surface area contributed by atoms with Gasteiger partial charge in [-0.2, -0.15) is 18.2 Å². The molecule has 24 heavy (non-hydrogen) atoms. The predicted molar refractivity (Wildman–Crippen MR) is 106 cm³/mol. The van der Waals surface area contributed by atoms with Gasteiger partial charge < -0.3 is 57.3 Å². The number of hydrogen-bond donors (Lipinski definition) is 0. The van der Waals surface area contributed by atoms with Crippen LogP contribution in [0, 0.1) is 0 Å². The molecular weight excluding hydrogens is 500 g/mol. The number of thiol groups is 2. The molecule has 0 saturated heterocycles. The summed E-state index contributed by atoms with van der Waals surface area (Å²) in [6.45, 7) is 12.5. The first-order valence-electron chi connectivity index (χ1n) is 7.15. The van der Waals surface area contributed by atoms with E-state index in [1.165, 1.54) is 0 Å². The standard InChI is InChI=1S/2C5H5.2C4H9N.2Mo.2H2S/c2*1-2-4-5-3-1;2*1-4(2,3)5;;;;/h2*1-5H;2*1-3H3;;;2*1H2/q-5;-1;;;;;;/p-2. The molecule has 0 radical (unpaired) electrons. The first-order chi connectivity index (χ1) is 10.1. The summed E-state index contributed by atoms with van der Waals surface area (Å²) in [4.78, 5) is 0. The van der Waals surface area contributed by atoms with Crippen molar-refractivity contribution in [3.63, 3.8) is 0 Å². The number of rotatable bonds is 0. The Morgan fingerprint density at radius 1 is 0.625 bits per heavy atom. The topological polar surface area (TPSA) is 24.7 Å². The van der Waals surface area contributed by atoms with E-state index in [4.69, 9.17) is 0 Å². The van der Waals surface area contributed by atoms with Gasteiger partial charge in [0.25, 0.3) is 0 Å². The van der Waals surface area contributed by atoms with Crippen LogP contribution in [-0.2, 0) is 66.3 Å².